The van der Waals surface area contributed by atoms with E-state index in [1.807, 2.05) is 30.3 Å². The Kier molecular flexibility index (Phi) is 4.24. The molecular weight excluding hydrogens is 370 g/mol. The number of rotatable bonds is 5. The second-order valence-electron chi connectivity index (χ2n) is 8.66. The maximum atomic E-state index is 13.2. The normalized spacial score (nSPS) is 28.2. The number of anilines is 1. The van der Waals surface area contributed by atoms with Crippen LogP contribution in [0, 0.1) is 5.41 Å². The first-order chi connectivity index (χ1) is 14.0. The number of carboxylic acids is 1. The van der Waals surface area contributed by atoms with Crippen molar-refractivity contribution in [3.63, 3.8) is 0 Å². The first-order valence-corrected chi connectivity index (χ1v) is 10.3. The summed E-state index contributed by atoms with van der Waals surface area (Å²) in [5, 5.41) is 13.5. The Morgan fingerprint density at radius 2 is 2.00 bits per heavy atom. The minimum Gasteiger partial charge on any atom is -0.481 e. The molecule has 0 spiro atoms. The Labute approximate surface area is 169 Å². The van der Waals surface area contributed by atoms with Gasteiger partial charge in [-0.2, -0.15) is 0 Å². The second kappa shape index (κ2) is 6.69. The van der Waals surface area contributed by atoms with E-state index in [0.717, 1.165) is 42.7 Å². The quantitative estimate of drug-likeness (QED) is 0.809. The number of fused-ring (bicyclic) bond motifs is 3. The van der Waals surface area contributed by atoms with E-state index in [9.17, 15) is 14.7 Å². The van der Waals surface area contributed by atoms with Gasteiger partial charge in [0.1, 0.15) is 5.82 Å². The lowest BCUT2D eigenvalue weighted by molar-refractivity contribution is -0.150. The SMILES string of the molecule is O=C(NCC12CCC(C(=O)O)(CO1)C2)c1cc2ccccc2nc1N1CCCC1. The molecule has 3 heterocycles. The summed E-state index contributed by atoms with van der Waals surface area (Å²) in [5.41, 5.74) is 0.107. The average Bonchev–Trinajstić information content (AvgIpc) is 3.47. The summed E-state index contributed by atoms with van der Waals surface area (Å²) >= 11 is 0. The van der Waals surface area contributed by atoms with Gasteiger partial charge in [-0.25, -0.2) is 4.98 Å². The number of benzene rings is 1. The molecule has 29 heavy (non-hydrogen) atoms. The number of aliphatic carboxylic acids is 1. The van der Waals surface area contributed by atoms with Crippen molar-refractivity contribution in [1.82, 2.24) is 10.3 Å². The van der Waals surface area contributed by atoms with Gasteiger partial charge in [-0.1, -0.05) is 18.2 Å². The van der Waals surface area contributed by atoms with Crippen molar-refractivity contribution in [2.75, 3.05) is 31.1 Å². The number of carboxylic acid groups (broad SMARTS) is 1. The summed E-state index contributed by atoms with van der Waals surface area (Å²) in [6.45, 7) is 2.36. The van der Waals surface area contributed by atoms with Crippen molar-refractivity contribution in [2.24, 2.45) is 5.41 Å². The molecule has 1 aromatic carbocycles. The topological polar surface area (TPSA) is 91.8 Å². The van der Waals surface area contributed by atoms with Crippen molar-refractivity contribution >= 4 is 28.6 Å². The Bertz CT molecular complexity index is 975. The van der Waals surface area contributed by atoms with Crippen molar-refractivity contribution in [2.45, 2.75) is 37.7 Å². The van der Waals surface area contributed by atoms with Crippen LogP contribution in [-0.4, -0.2) is 53.8 Å². The molecule has 0 radical (unpaired) electrons. The zero-order valence-corrected chi connectivity index (χ0v) is 16.3. The van der Waals surface area contributed by atoms with Gasteiger partial charge >= 0.3 is 5.97 Å². The monoisotopic (exact) mass is 395 g/mol. The summed E-state index contributed by atoms with van der Waals surface area (Å²) in [7, 11) is 0. The predicted molar refractivity (Wildman–Crippen MR) is 108 cm³/mol. The lowest BCUT2D eigenvalue weighted by atomic mass is 9.88. The van der Waals surface area contributed by atoms with Crippen LogP contribution in [0.15, 0.2) is 30.3 Å². The highest BCUT2D eigenvalue weighted by atomic mass is 16.5. The number of carbonyl (C=O) groups is 2. The van der Waals surface area contributed by atoms with Gasteiger partial charge in [0, 0.05) is 25.0 Å². The molecule has 2 atom stereocenters. The van der Waals surface area contributed by atoms with Crippen LogP contribution in [0.3, 0.4) is 0 Å². The van der Waals surface area contributed by atoms with Crippen LogP contribution in [0.5, 0.6) is 0 Å². The fourth-order valence-corrected chi connectivity index (χ4v) is 5.02. The molecule has 1 amide bonds. The lowest BCUT2D eigenvalue weighted by Gasteiger charge is -2.28. The fraction of sp³-hybridized carbons (Fsp3) is 0.500. The van der Waals surface area contributed by atoms with Crippen molar-refractivity contribution in [3.8, 4) is 0 Å². The van der Waals surface area contributed by atoms with E-state index in [0.29, 0.717) is 31.4 Å². The largest absolute Gasteiger partial charge is 0.481 e. The number of carbonyl (C=O) groups excluding carboxylic acids is 1. The minimum atomic E-state index is -0.793. The predicted octanol–water partition coefficient (Wildman–Crippen LogP) is 2.59. The summed E-state index contributed by atoms with van der Waals surface area (Å²) in [4.78, 5) is 31.7. The number of nitrogens with zero attached hydrogens (tertiary/aromatic N) is 2. The number of aromatic nitrogens is 1. The van der Waals surface area contributed by atoms with Gasteiger partial charge in [0.25, 0.3) is 5.91 Å². The zero-order chi connectivity index (χ0) is 20.1. The molecule has 152 valence electrons. The van der Waals surface area contributed by atoms with E-state index < -0.39 is 17.0 Å². The number of hydrogen-bond donors (Lipinski definition) is 2. The molecule has 3 aliphatic rings. The van der Waals surface area contributed by atoms with Crippen molar-refractivity contribution in [3.05, 3.63) is 35.9 Å². The fourth-order valence-electron chi connectivity index (χ4n) is 5.02. The van der Waals surface area contributed by atoms with Crippen LogP contribution < -0.4 is 10.2 Å². The Morgan fingerprint density at radius 1 is 1.21 bits per heavy atom. The van der Waals surface area contributed by atoms with Gasteiger partial charge in [-0.05, 0) is 44.2 Å². The van der Waals surface area contributed by atoms with Gasteiger partial charge in [-0.15, -0.1) is 0 Å². The van der Waals surface area contributed by atoms with Crippen LogP contribution >= 0.6 is 0 Å². The smallest absolute Gasteiger partial charge is 0.312 e. The highest BCUT2D eigenvalue weighted by Crippen LogP contribution is 2.52. The molecule has 2 aliphatic heterocycles. The van der Waals surface area contributed by atoms with Crippen molar-refractivity contribution in [1.29, 1.82) is 0 Å². The molecule has 2 unspecified atom stereocenters. The third kappa shape index (κ3) is 3.04. The van der Waals surface area contributed by atoms with E-state index in [1.54, 1.807) is 0 Å². The highest BCUT2D eigenvalue weighted by Gasteiger charge is 2.59. The summed E-state index contributed by atoms with van der Waals surface area (Å²) < 4.78 is 5.87. The number of pyridine rings is 1. The van der Waals surface area contributed by atoms with Gasteiger partial charge < -0.3 is 20.1 Å². The first-order valence-electron chi connectivity index (χ1n) is 10.3. The third-order valence-corrected chi connectivity index (χ3v) is 6.75. The molecule has 2 bridgehead atoms. The maximum absolute atomic E-state index is 13.2. The molecule has 1 aromatic heterocycles. The molecule has 2 saturated heterocycles. The van der Waals surface area contributed by atoms with E-state index >= 15 is 0 Å². The molecule has 2 N–H and O–H groups in total. The number of hydrogen-bond acceptors (Lipinski definition) is 5. The van der Waals surface area contributed by atoms with Gasteiger partial charge in [0.05, 0.1) is 28.7 Å². The van der Waals surface area contributed by atoms with Crippen LogP contribution in [-0.2, 0) is 9.53 Å². The molecule has 1 saturated carbocycles. The Hall–Kier alpha value is -2.67. The number of ether oxygens (including phenoxy) is 1. The van der Waals surface area contributed by atoms with E-state index in [4.69, 9.17) is 9.72 Å². The van der Waals surface area contributed by atoms with E-state index in [1.165, 1.54) is 0 Å². The number of para-hydroxylation sites is 1. The Balaban J connectivity index is 1.39. The zero-order valence-electron chi connectivity index (χ0n) is 16.3. The van der Waals surface area contributed by atoms with Gasteiger partial charge in [0.2, 0.25) is 0 Å². The van der Waals surface area contributed by atoms with Crippen LogP contribution in [0.4, 0.5) is 5.82 Å². The average molecular weight is 395 g/mol. The van der Waals surface area contributed by atoms with E-state index in [-0.39, 0.29) is 12.5 Å². The molecule has 1 aliphatic carbocycles. The summed E-state index contributed by atoms with van der Waals surface area (Å²) in [5.74, 6) is -0.240. The molecule has 7 nitrogen and oxygen atoms in total. The Morgan fingerprint density at radius 3 is 2.69 bits per heavy atom. The highest BCUT2D eigenvalue weighted by molar-refractivity contribution is 6.02. The minimum absolute atomic E-state index is 0.178. The maximum Gasteiger partial charge on any atom is 0.312 e. The second-order valence-corrected chi connectivity index (χ2v) is 8.66. The summed E-state index contributed by atoms with van der Waals surface area (Å²) in [6, 6.07) is 9.73. The summed E-state index contributed by atoms with van der Waals surface area (Å²) in [6.07, 6.45) is 3.93. The molecule has 2 aromatic rings. The lowest BCUT2D eigenvalue weighted by Crippen LogP contribution is -2.42. The molecule has 5 rings (SSSR count). The number of amides is 1. The molecule has 3 fully saturated rings. The van der Waals surface area contributed by atoms with Crippen LogP contribution in [0.2, 0.25) is 0 Å². The standard InChI is InChI=1S/C22H25N3O4/c26-19(23-13-22-8-7-21(12-22,14-29-22)20(27)28)16-11-15-5-1-2-6-17(15)24-18(16)25-9-3-4-10-25/h1-2,5-6,11H,3-4,7-10,12-14H2,(H,23,26)(H,27,28). The molecular formula is C22H25N3O4. The number of nitrogens with one attached hydrogen (secondary N) is 1. The first kappa shape index (κ1) is 18.4. The third-order valence-electron chi connectivity index (χ3n) is 6.75. The van der Waals surface area contributed by atoms with Gasteiger partial charge in [-0.3, -0.25) is 9.59 Å². The van der Waals surface area contributed by atoms with Crippen LogP contribution in [0.25, 0.3) is 10.9 Å². The van der Waals surface area contributed by atoms with Crippen molar-refractivity contribution < 1.29 is 19.4 Å². The van der Waals surface area contributed by atoms with E-state index in [2.05, 4.69) is 10.2 Å². The molecule has 7 heteroatoms. The van der Waals surface area contributed by atoms with Crippen LogP contribution in [0.1, 0.15) is 42.5 Å². The van der Waals surface area contributed by atoms with Gasteiger partial charge in [0.15, 0.2) is 0 Å².